The average Bonchev–Trinajstić information content (AvgIpc) is 2.47. The van der Waals surface area contributed by atoms with Crippen LogP contribution in [-0.4, -0.2) is 37.6 Å². The molecule has 4 nitrogen and oxygen atoms in total. The molecule has 1 N–H and O–H groups in total. The molecule has 0 aromatic heterocycles. The van der Waals surface area contributed by atoms with Crippen LogP contribution in [0.5, 0.6) is 5.75 Å². The topological polar surface area (TPSA) is 41.6 Å². The van der Waals surface area contributed by atoms with E-state index in [1.807, 2.05) is 36.2 Å². The van der Waals surface area contributed by atoms with Crippen LogP contribution in [0, 0.1) is 5.92 Å². The SMILES string of the molecule is COc1ccccc1CN(C)C(=O)C1CCNC(C)C1. The molecule has 1 heterocycles. The van der Waals surface area contributed by atoms with Crippen molar-refractivity contribution in [3.8, 4) is 5.75 Å². The van der Waals surface area contributed by atoms with Crippen LogP contribution < -0.4 is 10.1 Å². The van der Waals surface area contributed by atoms with E-state index in [4.69, 9.17) is 4.74 Å². The Hall–Kier alpha value is -1.55. The van der Waals surface area contributed by atoms with Crippen LogP contribution in [0.3, 0.4) is 0 Å². The summed E-state index contributed by atoms with van der Waals surface area (Å²) < 4.78 is 5.34. The minimum Gasteiger partial charge on any atom is -0.496 e. The van der Waals surface area contributed by atoms with Gasteiger partial charge in [0.25, 0.3) is 0 Å². The van der Waals surface area contributed by atoms with Gasteiger partial charge in [-0.05, 0) is 32.4 Å². The minimum atomic E-state index is 0.144. The number of methoxy groups -OCH3 is 1. The van der Waals surface area contributed by atoms with Crippen LogP contribution in [0.2, 0.25) is 0 Å². The molecule has 2 unspecified atom stereocenters. The van der Waals surface area contributed by atoms with E-state index in [1.54, 1.807) is 7.11 Å². The molecule has 2 rings (SSSR count). The Balaban J connectivity index is 2.00. The normalized spacial score (nSPS) is 22.4. The molecule has 0 saturated carbocycles. The van der Waals surface area contributed by atoms with Crippen LogP contribution in [0.15, 0.2) is 24.3 Å². The number of carbonyl (C=O) groups is 1. The molecule has 110 valence electrons. The lowest BCUT2D eigenvalue weighted by atomic mass is 9.92. The van der Waals surface area contributed by atoms with Gasteiger partial charge < -0.3 is 15.0 Å². The Bertz CT molecular complexity index is 462. The van der Waals surface area contributed by atoms with Gasteiger partial charge in [0.15, 0.2) is 0 Å². The molecular weight excluding hydrogens is 252 g/mol. The fourth-order valence-corrected chi connectivity index (χ4v) is 2.83. The summed E-state index contributed by atoms with van der Waals surface area (Å²) in [6.45, 7) is 3.67. The van der Waals surface area contributed by atoms with Crippen LogP contribution in [0.1, 0.15) is 25.3 Å². The summed E-state index contributed by atoms with van der Waals surface area (Å²) in [6, 6.07) is 8.28. The first-order chi connectivity index (χ1) is 9.61. The minimum absolute atomic E-state index is 0.144. The van der Waals surface area contributed by atoms with Crippen molar-refractivity contribution in [3.05, 3.63) is 29.8 Å². The maximum Gasteiger partial charge on any atom is 0.225 e. The molecule has 1 aliphatic heterocycles. The van der Waals surface area contributed by atoms with Gasteiger partial charge in [-0.25, -0.2) is 0 Å². The zero-order valence-corrected chi connectivity index (χ0v) is 12.6. The highest BCUT2D eigenvalue weighted by molar-refractivity contribution is 5.78. The highest BCUT2D eigenvalue weighted by Gasteiger charge is 2.27. The summed E-state index contributed by atoms with van der Waals surface area (Å²) in [6.07, 6.45) is 1.86. The first kappa shape index (κ1) is 14.9. The zero-order chi connectivity index (χ0) is 14.5. The summed E-state index contributed by atoms with van der Waals surface area (Å²) in [5, 5.41) is 3.38. The highest BCUT2D eigenvalue weighted by atomic mass is 16.5. The number of carbonyl (C=O) groups excluding carboxylic acids is 1. The second-order valence-electron chi connectivity index (χ2n) is 5.58. The average molecular weight is 276 g/mol. The van der Waals surface area contributed by atoms with Crippen molar-refractivity contribution in [2.75, 3.05) is 20.7 Å². The Morgan fingerprint density at radius 3 is 2.90 bits per heavy atom. The second-order valence-corrected chi connectivity index (χ2v) is 5.58. The van der Waals surface area contributed by atoms with Gasteiger partial charge in [-0.15, -0.1) is 0 Å². The standard InChI is InChI=1S/C16H24N2O2/c1-12-10-13(8-9-17-12)16(19)18(2)11-14-6-4-5-7-15(14)20-3/h4-7,12-13,17H,8-11H2,1-3H3. The number of rotatable bonds is 4. The van der Waals surface area contributed by atoms with Crippen LogP contribution in [-0.2, 0) is 11.3 Å². The van der Waals surface area contributed by atoms with Crippen LogP contribution >= 0.6 is 0 Å². The molecule has 1 fully saturated rings. The molecule has 0 aliphatic carbocycles. The second kappa shape index (κ2) is 6.75. The van der Waals surface area contributed by atoms with Gasteiger partial charge in [-0.3, -0.25) is 4.79 Å². The number of hydrogen-bond donors (Lipinski definition) is 1. The first-order valence-corrected chi connectivity index (χ1v) is 7.22. The van der Waals surface area contributed by atoms with Crippen molar-refractivity contribution in [2.24, 2.45) is 5.92 Å². The summed E-state index contributed by atoms with van der Waals surface area (Å²) in [7, 11) is 3.54. The number of nitrogens with zero attached hydrogens (tertiary/aromatic N) is 1. The maximum absolute atomic E-state index is 12.5. The maximum atomic E-state index is 12.5. The summed E-state index contributed by atoms with van der Waals surface area (Å²) in [5.74, 6) is 1.22. The fourth-order valence-electron chi connectivity index (χ4n) is 2.83. The number of benzene rings is 1. The monoisotopic (exact) mass is 276 g/mol. The molecule has 0 bridgehead atoms. The quantitative estimate of drug-likeness (QED) is 0.915. The highest BCUT2D eigenvalue weighted by Crippen LogP contribution is 2.22. The van der Waals surface area contributed by atoms with Crippen molar-refractivity contribution in [3.63, 3.8) is 0 Å². The van der Waals surface area contributed by atoms with Gasteiger partial charge in [-0.1, -0.05) is 18.2 Å². The molecule has 0 radical (unpaired) electrons. The van der Waals surface area contributed by atoms with Crippen molar-refractivity contribution in [1.82, 2.24) is 10.2 Å². The molecule has 1 aromatic rings. The Morgan fingerprint density at radius 1 is 1.45 bits per heavy atom. The van der Waals surface area contributed by atoms with E-state index in [9.17, 15) is 4.79 Å². The molecule has 20 heavy (non-hydrogen) atoms. The first-order valence-electron chi connectivity index (χ1n) is 7.22. The van der Waals surface area contributed by atoms with E-state index in [2.05, 4.69) is 12.2 Å². The zero-order valence-electron chi connectivity index (χ0n) is 12.6. The molecule has 4 heteroatoms. The third-order valence-electron chi connectivity index (χ3n) is 3.95. The number of hydrogen-bond acceptors (Lipinski definition) is 3. The smallest absolute Gasteiger partial charge is 0.225 e. The Kier molecular flexibility index (Phi) is 5.01. The van der Waals surface area contributed by atoms with E-state index in [0.29, 0.717) is 12.6 Å². The molecule has 1 aromatic carbocycles. The number of ether oxygens (including phenoxy) is 1. The van der Waals surface area contributed by atoms with Crippen LogP contribution in [0.4, 0.5) is 0 Å². The predicted molar refractivity (Wildman–Crippen MR) is 79.7 cm³/mol. The Labute approximate surface area is 121 Å². The van der Waals surface area contributed by atoms with E-state index in [1.165, 1.54) is 0 Å². The van der Waals surface area contributed by atoms with Gasteiger partial charge in [-0.2, -0.15) is 0 Å². The van der Waals surface area contributed by atoms with E-state index in [-0.39, 0.29) is 11.8 Å². The largest absolute Gasteiger partial charge is 0.496 e. The number of piperidine rings is 1. The lowest BCUT2D eigenvalue weighted by Crippen LogP contribution is -2.42. The number of para-hydroxylation sites is 1. The molecule has 0 spiro atoms. The molecule has 1 aliphatic rings. The van der Waals surface area contributed by atoms with Crippen molar-refractivity contribution < 1.29 is 9.53 Å². The summed E-state index contributed by atoms with van der Waals surface area (Å²) in [5.41, 5.74) is 1.05. The third-order valence-corrected chi connectivity index (χ3v) is 3.95. The van der Waals surface area contributed by atoms with Gasteiger partial charge in [0.2, 0.25) is 5.91 Å². The molecule has 2 atom stereocenters. The van der Waals surface area contributed by atoms with Crippen LogP contribution in [0.25, 0.3) is 0 Å². The predicted octanol–water partition coefficient (Wildman–Crippen LogP) is 2.04. The van der Waals surface area contributed by atoms with Crippen molar-refractivity contribution in [2.45, 2.75) is 32.4 Å². The summed E-state index contributed by atoms with van der Waals surface area (Å²) >= 11 is 0. The van der Waals surface area contributed by atoms with Crippen molar-refractivity contribution in [1.29, 1.82) is 0 Å². The third kappa shape index (κ3) is 3.51. The van der Waals surface area contributed by atoms with Gasteiger partial charge in [0, 0.05) is 31.1 Å². The van der Waals surface area contributed by atoms with Gasteiger partial charge in [0.05, 0.1) is 7.11 Å². The lowest BCUT2D eigenvalue weighted by molar-refractivity contribution is -0.135. The van der Waals surface area contributed by atoms with E-state index >= 15 is 0 Å². The van der Waals surface area contributed by atoms with E-state index < -0.39 is 0 Å². The number of amides is 1. The molecular formula is C16H24N2O2. The Morgan fingerprint density at radius 2 is 2.20 bits per heavy atom. The van der Waals surface area contributed by atoms with E-state index in [0.717, 1.165) is 30.7 Å². The molecule has 1 amide bonds. The van der Waals surface area contributed by atoms with Crippen molar-refractivity contribution >= 4 is 5.91 Å². The van der Waals surface area contributed by atoms with Gasteiger partial charge in [0.1, 0.15) is 5.75 Å². The lowest BCUT2D eigenvalue weighted by Gasteiger charge is -2.30. The molecule has 1 saturated heterocycles. The van der Waals surface area contributed by atoms with Gasteiger partial charge >= 0.3 is 0 Å². The fraction of sp³-hybridized carbons (Fsp3) is 0.562. The number of nitrogens with one attached hydrogen (secondary N) is 1. The summed E-state index contributed by atoms with van der Waals surface area (Å²) in [4.78, 5) is 14.3.